The van der Waals surface area contributed by atoms with Gasteiger partial charge in [-0.3, -0.25) is 4.98 Å². The van der Waals surface area contributed by atoms with Crippen LogP contribution < -0.4 is 4.74 Å². The first-order valence-corrected chi connectivity index (χ1v) is 7.35. The van der Waals surface area contributed by atoms with Crippen LogP contribution in [-0.4, -0.2) is 47.3 Å². The zero-order valence-corrected chi connectivity index (χ0v) is 13.1. The molecule has 3 aromatic rings. The summed E-state index contributed by atoms with van der Waals surface area (Å²) in [5.41, 5.74) is 1.60. The molecule has 0 saturated carbocycles. The van der Waals surface area contributed by atoms with Crippen LogP contribution in [0.1, 0.15) is 0 Å². The Morgan fingerprint density at radius 1 is 1.13 bits per heavy atom. The van der Waals surface area contributed by atoms with E-state index in [2.05, 4.69) is 20.0 Å². The molecule has 0 radical (unpaired) electrons. The number of para-hydroxylation sites is 1. The smallest absolute Gasteiger partial charge is 0.262 e. The van der Waals surface area contributed by atoms with Crippen LogP contribution >= 0.6 is 0 Å². The van der Waals surface area contributed by atoms with E-state index >= 15 is 0 Å². The molecule has 0 aliphatic rings. The van der Waals surface area contributed by atoms with E-state index in [0.29, 0.717) is 18.3 Å². The lowest BCUT2D eigenvalue weighted by atomic mass is 10.2. The summed E-state index contributed by atoms with van der Waals surface area (Å²) in [7, 11) is 4.01. The molecule has 0 aliphatic carbocycles. The molecule has 2 aromatic heterocycles. The Balaban J connectivity index is 1.83. The molecule has 0 N–H and O–H groups in total. The molecule has 0 bridgehead atoms. The molecule has 0 fully saturated rings. The number of rotatable bonds is 6. The quantitative estimate of drug-likeness (QED) is 0.697. The molecule has 0 saturated heterocycles. The minimum atomic E-state index is 0.435. The van der Waals surface area contributed by atoms with E-state index in [4.69, 9.17) is 9.26 Å². The lowest BCUT2D eigenvalue weighted by Gasteiger charge is -2.12. The summed E-state index contributed by atoms with van der Waals surface area (Å²) in [6.07, 6.45) is 3.41. The predicted octanol–water partition coefficient (Wildman–Crippen LogP) is 2.74. The van der Waals surface area contributed by atoms with Gasteiger partial charge in [-0.1, -0.05) is 17.3 Å². The Labute approximate surface area is 134 Å². The van der Waals surface area contributed by atoms with Crippen molar-refractivity contribution < 1.29 is 9.26 Å². The molecular weight excluding hydrogens is 292 g/mol. The van der Waals surface area contributed by atoms with Crippen LogP contribution in [0.15, 0.2) is 53.3 Å². The topological polar surface area (TPSA) is 64.3 Å². The van der Waals surface area contributed by atoms with Crippen LogP contribution in [0.4, 0.5) is 0 Å². The van der Waals surface area contributed by atoms with Crippen LogP contribution in [0.5, 0.6) is 5.75 Å². The second-order valence-corrected chi connectivity index (χ2v) is 5.31. The molecule has 0 amide bonds. The second kappa shape index (κ2) is 7.02. The molecule has 0 spiro atoms. The fourth-order valence-corrected chi connectivity index (χ4v) is 2.05. The minimum absolute atomic E-state index is 0.435. The number of ether oxygens (including phenoxy) is 1. The molecule has 118 valence electrons. The molecule has 0 unspecified atom stereocenters. The average Bonchev–Trinajstić information content (AvgIpc) is 3.06. The van der Waals surface area contributed by atoms with Crippen molar-refractivity contribution in [2.45, 2.75) is 0 Å². The van der Waals surface area contributed by atoms with Gasteiger partial charge in [-0.2, -0.15) is 4.98 Å². The summed E-state index contributed by atoms with van der Waals surface area (Å²) >= 11 is 0. The zero-order valence-electron chi connectivity index (χ0n) is 13.1. The second-order valence-electron chi connectivity index (χ2n) is 5.31. The summed E-state index contributed by atoms with van der Waals surface area (Å²) < 4.78 is 11.2. The molecular formula is C17H18N4O2. The van der Waals surface area contributed by atoms with Gasteiger partial charge < -0.3 is 14.2 Å². The zero-order chi connectivity index (χ0) is 16.1. The maximum absolute atomic E-state index is 5.84. The van der Waals surface area contributed by atoms with E-state index in [0.717, 1.165) is 23.4 Å². The van der Waals surface area contributed by atoms with E-state index in [-0.39, 0.29) is 0 Å². The summed E-state index contributed by atoms with van der Waals surface area (Å²) in [6.45, 7) is 1.42. The third-order valence-electron chi connectivity index (χ3n) is 3.26. The third kappa shape index (κ3) is 3.73. The van der Waals surface area contributed by atoms with E-state index in [1.165, 1.54) is 0 Å². The highest BCUT2D eigenvalue weighted by atomic mass is 16.5. The van der Waals surface area contributed by atoms with Crippen molar-refractivity contribution in [3.8, 4) is 28.6 Å². The fraction of sp³-hybridized carbons (Fsp3) is 0.235. The SMILES string of the molecule is CN(C)CCOc1ccccc1-c1nc(-c2cccnc2)no1. The number of likely N-dealkylation sites (N-methyl/N-ethyl adjacent to an activating group) is 1. The van der Waals surface area contributed by atoms with Crippen LogP contribution in [0.3, 0.4) is 0 Å². The first-order chi connectivity index (χ1) is 11.2. The van der Waals surface area contributed by atoms with Gasteiger partial charge in [0.1, 0.15) is 12.4 Å². The number of hydrogen-bond donors (Lipinski definition) is 0. The van der Waals surface area contributed by atoms with Crippen molar-refractivity contribution in [2.24, 2.45) is 0 Å². The summed E-state index contributed by atoms with van der Waals surface area (Å²) in [5, 5.41) is 4.02. The minimum Gasteiger partial charge on any atom is -0.491 e. The molecule has 0 aliphatic heterocycles. The first kappa shape index (κ1) is 15.2. The number of benzene rings is 1. The first-order valence-electron chi connectivity index (χ1n) is 7.35. The van der Waals surface area contributed by atoms with E-state index in [1.54, 1.807) is 12.4 Å². The Morgan fingerprint density at radius 2 is 2.00 bits per heavy atom. The fourth-order valence-electron chi connectivity index (χ4n) is 2.05. The number of pyridine rings is 1. The van der Waals surface area contributed by atoms with Crippen LogP contribution in [0.25, 0.3) is 22.8 Å². The van der Waals surface area contributed by atoms with Gasteiger partial charge in [-0.15, -0.1) is 0 Å². The lowest BCUT2D eigenvalue weighted by molar-refractivity contribution is 0.261. The molecule has 6 heteroatoms. The molecule has 1 aromatic carbocycles. The van der Waals surface area contributed by atoms with Crippen molar-refractivity contribution in [2.75, 3.05) is 27.2 Å². The predicted molar refractivity (Wildman–Crippen MR) is 87.0 cm³/mol. The summed E-state index contributed by atoms with van der Waals surface area (Å²) in [6, 6.07) is 11.4. The van der Waals surface area contributed by atoms with Gasteiger partial charge in [0, 0.05) is 24.5 Å². The molecule has 3 rings (SSSR count). The van der Waals surface area contributed by atoms with Gasteiger partial charge in [0.05, 0.1) is 5.56 Å². The van der Waals surface area contributed by atoms with Crippen molar-refractivity contribution in [1.82, 2.24) is 20.0 Å². The van der Waals surface area contributed by atoms with Gasteiger partial charge in [0.15, 0.2) is 0 Å². The normalized spacial score (nSPS) is 10.9. The Hall–Kier alpha value is -2.73. The van der Waals surface area contributed by atoms with Gasteiger partial charge >= 0.3 is 0 Å². The van der Waals surface area contributed by atoms with Gasteiger partial charge in [-0.05, 0) is 38.4 Å². The van der Waals surface area contributed by atoms with Crippen LogP contribution in [-0.2, 0) is 0 Å². The van der Waals surface area contributed by atoms with Crippen LogP contribution in [0.2, 0.25) is 0 Å². The van der Waals surface area contributed by atoms with Crippen molar-refractivity contribution in [3.05, 3.63) is 48.8 Å². The molecule has 2 heterocycles. The summed E-state index contributed by atoms with van der Waals surface area (Å²) in [5.74, 6) is 1.68. The van der Waals surface area contributed by atoms with E-state index < -0.39 is 0 Å². The largest absolute Gasteiger partial charge is 0.491 e. The lowest BCUT2D eigenvalue weighted by Crippen LogP contribution is -2.19. The monoisotopic (exact) mass is 310 g/mol. The highest BCUT2D eigenvalue weighted by Gasteiger charge is 2.14. The average molecular weight is 310 g/mol. The maximum Gasteiger partial charge on any atom is 0.262 e. The number of hydrogen-bond acceptors (Lipinski definition) is 6. The molecule has 23 heavy (non-hydrogen) atoms. The maximum atomic E-state index is 5.84. The van der Waals surface area contributed by atoms with Gasteiger partial charge in [0.2, 0.25) is 5.82 Å². The number of aromatic nitrogens is 3. The van der Waals surface area contributed by atoms with Crippen LogP contribution in [0, 0.1) is 0 Å². The standard InChI is InChI=1S/C17H18N4O2/c1-21(2)10-11-22-15-8-4-3-7-14(15)17-19-16(20-23-17)13-6-5-9-18-12-13/h3-9,12H,10-11H2,1-2H3. The third-order valence-corrected chi connectivity index (χ3v) is 3.26. The Kier molecular flexibility index (Phi) is 4.63. The molecule has 6 nitrogen and oxygen atoms in total. The van der Waals surface area contributed by atoms with Gasteiger partial charge in [0.25, 0.3) is 5.89 Å². The summed E-state index contributed by atoms with van der Waals surface area (Å²) in [4.78, 5) is 10.6. The molecule has 0 atom stereocenters. The number of nitrogens with zero attached hydrogens (tertiary/aromatic N) is 4. The van der Waals surface area contributed by atoms with E-state index in [9.17, 15) is 0 Å². The Bertz CT molecular complexity index is 756. The highest BCUT2D eigenvalue weighted by molar-refractivity contribution is 5.64. The van der Waals surface area contributed by atoms with Crippen molar-refractivity contribution >= 4 is 0 Å². The Morgan fingerprint density at radius 3 is 2.78 bits per heavy atom. The highest BCUT2D eigenvalue weighted by Crippen LogP contribution is 2.29. The van der Waals surface area contributed by atoms with Crippen molar-refractivity contribution in [1.29, 1.82) is 0 Å². The van der Waals surface area contributed by atoms with Crippen molar-refractivity contribution in [3.63, 3.8) is 0 Å². The van der Waals surface area contributed by atoms with Gasteiger partial charge in [-0.25, -0.2) is 0 Å². The van der Waals surface area contributed by atoms with E-state index in [1.807, 2.05) is 50.5 Å².